The summed E-state index contributed by atoms with van der Waals surface area (Å²) in [5.41, 5.74) is 3.61. The normalized spacial score (nSPS) is 9.60. The molecule has 2 aromatic rings. The molecule has 0 fully saturated rings. The Morgan fingerprint density at radius 2 is 1.80 bits per heavy atom. The van der Waals surface area contributed by atoms with Gasteiger partial charge in [-0.2, -0.15) is 0 Å². The molecular formula is C14H19N. The van der Waals surface area contributed by atoms with Crippen LogP contribution in [0.1, 0.15) is 32.0 Å². The van der Waals surface area contributed by atoms with Gasteiger partial charge in [0.1, 0.15) is 0 Å². The number of nitrogens with zero attached hydrogens (tertiary/aromatic N) is 1. The maximum atomic E-state index is 4.48. The molecule has 15 heavy (non-hydrogen) atoms. The van der Waals surface area contributed by atoms with Crippen molar-refractivity contribution in [2.24, 2.45) is 0 Å². The average Bonchev–Trinajstić information content (AvgIpc) is 2.30. The van der Waals surface area contributed by atoms with E-state index in [4.69, 9.17) is 0 Å². The number of aryl methyl sites for hydroxylation is 2. The Morgan fingerprint density at radius 1 is 1.13 bits per heavy atom. The van der Waals surface area contributed by atoms with Crippen LogP contribution < -0.4 is 0 Å². The summed E-state index contributed by atoms with van der Waals surface area (Å²) in [6, 6.07) is 10.5. The number of benzene rings is 1. The highest BCUT2D eigenvalue weighted by Crippen LogP contribution is 2.18. The minimum Gasteiger partial charge on any atom is -0.253 e. The summed E-state index contributed by atoms with van der Waals surface area (Å²) < 4.78 is 0. The lowest BCUT2D eigenvalue weighted by Crippen LogP contribution is -1.89. The third-order valence-corrected chi connectivity index (χ3v) is 2.31. The summed E-state index contributed by atoms with van der Waals surface area (Å²) in [7, 11) is 0. The van der Waals surface area contributed by atoms with Gasteiger partial charge in [-0.25, -0.2) is 0 Å². The van der Waals surface area contributed by atoms with Gasteiger partial charge in [0.05, 0.1) is 5.52 Å². The quantitative estimate of drug-likeness (QED) is 0.676. The predicted octanol–water partition coefficient (Wildman–Crippen LogP) is 4.13. The fraction of sp³-hybridized carbons (Fsp3) is 0.357. The molecule has 0 aliphatic carbocycles. The van der Waals surface area contributed by atoms with Crippen LogP contribution in [0, 0.1) is 6.92 Å². The number of pyridine rings is 1. The van der Waals surface area contributed by atoms with Crippen LogP contribution in [0.3, 0.4) is 0 Å². The van der Waals surface area contributed by atoms with E-state index in [-0.39, 0.29) is 0 Å². The standard InChI is InChI=1S/C12H13N.C2H6/c1-3-10-8-9(2)13-12-7-5-4-6-11(10)12;1-2/h4-8H,3H2,1-2H3;1-2H3. The summed E-state index contributed by atoms with van der Waals surface area (Å²) in [6.07, 6.45) is 1.07. The Balaban J connectivity index is 0.000000531. The molecule has 0 saturated heterocycles. The molecule has 0 N–H and O–H groups in total. The van der Waals surface area contributed by atoms with Gasteiger partial charge in [0.15, 0.2) is 0 Å². The molecule has 2 rings (SSSR count). The van der Waals surface area contributed by atoms with E-state index < -0.39 is 0 Å². The number of fused-ring (bicyclic) bond motifs is 1. The van der Waals surface area contributed by atoms with Gasteiger partial charge in [0, 0.05) is 11.1 Å². The maximum Gasteiger partial charge on any atom is 0.0707 e. The van der Waals surface area contributed by atoms with Crippen LogP contribution in [0.4, 0.5) is 0 Å². The van der Waals surface area contributed by atoms with E-state index >= 15 is 0 Å². The smallest absolute Gasteiger partial charge is 0.0707 e. The molecule has 0 saturated carbocycles. The molecule has 1 nitrogen and oxygen atoms in total. The summed E-state index contributed by atoms with van der Waals surface area (Å²) in [5, 5.41) is 1.29. The van der Waals surface area contributed by atoms with Crippen LogP contribution in [0.25, 0.3) is 10.9 Å². The highest BCUT2D eigenvalue weighted by atomic mass is 14.7. The van der Waals surface area contributed by atoms with Crippen molar-refractivity contribution < 1.29 is 0 Å². The molecule has 0 spiro atoms. The predicted molar refractivity (Wildman–Crippen MR) is 67.2 cm³/mol. The van der Waals surface area contributed by atoms with Gasteiger partial charge in [-0.05, 0) is 31.0 Å². The van der Waals surface area contributed by atoms with Gasteiger partial charge >= 0.3 is 0 Å². The zero-order valence-electron chi connectivity index (χ0n) is 10.0. The first-order chi connectivity index (χ1) is 7.31. The monoisotopic (exact) mass is 201 g/mol. The lowest BCUT2D eigenvalue weighted by Gasteiger charge is -2.04. The van der Waals surface area contributed by atoms with E-state index in [1.807, 2.05) is 26.8 Å². The highest BCUT2D eigenvalue weighted by molar-refractivity contribution is 5.82. The van der Waals surface area contributed by atoms with Crippen molar-refractivity contribution in [1.29, 1.82) is 0 Å². The molecule has 1 aromatic carbocycles. The summed E-state index contributed by atoms with van der Waals surface area (Å²) in [6.45, 7) is 8.23. The van der Waals surface area contributed by atoms with Gasteiger partial charge < -0.3 is 0 Å². The van der Waals surface area contributed by atoms with Crippen LogP contribution >= 0.6 is 0 Å². The van der Waals surface area contributed by atoms with E-state index in [2.05, 4.69) is 36.2 Å². The maximum absolute atomic E-state index is 4.48. The number of aromatic nitrogens is 1. The van der Waals surface area contributed by atoms with Crippen molar-refractivity contribution in [3.8, 4) is 0 Å². The lowest BCUT2D eigenvalue weighted by molar-refractivity contribution is 1.12. The second-order valence-electron chi connectivity index (χ2n) is 3.29. The lowest BCUT2D eigenvalue weighted by atomic mass is 10.1. The van der Waals surface area contributed by atoms with Crippen LogP contribution in [0.5, 0.6) is 0 Å². The Hall–Kier alpha value is -1.37. The summed E-state index contributed by atoms with van der Waals surface area (Å²) in [5.74, 6) is 0. The van der Waals surface area contributed by atoms with Gasteiger partial charge in [-0.3, -0.25) is 4.98 Å². The number of hydrogen-bond acceptors (Lipinski definition) is 1. The SMILES string of the molecule is CC.CCc1cc(C)nc2ccccc12. The van der Waals surface area contributed by atoms with E-state index in [0.717, 1.165) is 17.6 Å². The van der Waals surface area contributed by atoms with Gasteiger partial charge in [0.25, 0.3) is 0 Å². The molecule has 0 atom stereocenters. The molecule has 1 heterocycles. The van der Waals surface area contributed by atoms with Crippen molar-refractivity contribution >= 4 is 10.9 Å². The molecule has 0 aliphatic heterocycles. The van der Waals surface area contributed by atoms with Crippen molar-refractivity contribution in [2.75, 3.05) is 0 Å². The Morgan fingerprint density at radius 3 is 2.47 bits per heavy atom. The van der Waals surface area contributed by atoms with Crippen LogP contribution in [-0.2, 0) is 6.42 Å². The van der Waals surface area contributed by atoms with E-state index in [9.17, 15) is 0 Å². The van der Waals surface area contributed by atoms with Gasteiger partial charge in [0.2, 0.25) is 0 Å². The molecular weight excluding hydrogens is 182 g/mol. The molecule has 0 radical (unpaired) electrons. The van der Waals surface area contributed by atoms with Crippen LogP contribution in [0.2, 0.25) is 0 Å². The molecule has 0 aliphatic rings. The first-order valence-corrected chi connectivity index (χ1v) is 5.66. The largest absolute Gasteiger partial charge is 0.253 e. The highest BCUT2D eigenvalue weighted by Gasteiger charge is 2.00. The van der Waals surface area contributed by atoms with E-state index in [0.29, 0.717) is 0 Å². The van der Waals surface area contributed by atoms with Gasteiger partial charge in [-0.1, -0.05) is 39.0 Å². The third-order valence-electron chi connectivity index (χ3n) is 2.31. The van der Waals surface area contributed by atoms with Crippen LogP contribution in [0.15, 0.2) is 30.3 Å². The molecule has 1 aromatic heterocycles. The molecule has 0 unspecified atom stereocenters. The van der Waals surface area contributed by atoms with Crippen LogP contribution in [-0.4, -0.2) is 4.98 Å². The number of para-hydroxylation sites is 1. The second-order valence-corrected chi connectivity index (χ2v) is 3.29. The molecule has 0 amide bonds. The van der Waals surface area contributed by atoms with E-state index in [1.54, 1.807) is 0 Å². The Kier molecular flexibility index (Phi) is 4.29. The third kappa shape index (κ3) is 2.56. The Bertz CT molecular complexity index is 432. The average molecular weight is 201 g/mol. The van der Waals surface area contributed by atoms with E-state index in [1.165, 1.54) is 10.9 Å². The number of rotatable bonds is 1. The first-order valence-electron chi connectivity index (χ1n) is 5.66. The zero-order chi connectivity index (χ0) is 11.3. The first kappa shape index (κ1) is 11.7. The molecule has 1 heteroatoms. The van der Waals surface area contributed by atoms with Crippen molar-refractivity contribution in [3.63, 3.8) is 0 Å². The molecule has 0 bridgehead atoms. The second kappa shape index (κ2) is 5.50. The zero-order valence-corrected chi connectivity index (χ0v) is 10.0. The fourth-order valence-electron chi connectivity index (χ4n) is 1.69. The van der Waals surface area contributed by atoms with Crippen molar-refractivity contribution in [3.05, 3.63) is 41.6 Å². The Labute approximate surface area is 92.2 Å². The van der Waals surface area contributed by atoms with Crippen molar-refractivity contribution in [1.82, 2.24) is 4.98 Å². The van der Waals surface area contributed by atoms with Crippen molar-refractivity contribution in [2.45, 2.75) is 34.1 Å². The fourth-order valence-corrected chi connectivity index (χ4v) is 1.69. The summed E-state index contributed by atoms with van der Waals surface area (Å²) in [4.78, 5) is 4.48. The van der Waals surface area contributed by atoms with Gasteiger partial charge in [-0.15, -0.1) is 0 Å². The molecule has 80 valence electrons. The number of hydrogen-bond donors (Lipinski definition) is 0. The minimum atomic E-state index is 1.07. The summed E-state index contributed by atoms with van der Waals surface area (Å²) >= 11 is 0. The minimum absolute atomic E-state index is 1.07. The topological polar surface area (TPSA) is 12.9 Å².